The summed E-state index contributed by atoms with van der Waals surface area (Å²) in [6, 6.07) is 15.0. The molecule has 1 spiro atoms. The van der Waals surface area contributed by atoms with Gasteiger partial charge in [0.1, 0.15) is 11.4 Å². The second-order valence-electron chi connectivity index (χ2n) is 10.5. The van der Waals surface area contributed by atoms with Crippen LogP contribution in [0.1, 0.15) is 29.6 Å². The van der Waals surface area contributed by atoms with E-state index in [0.29, 0.717) is 24.2 Å². The van der Waals surface area contributed by atoms with Crippen molar-refractivity contribution in [1.29, 1.82) is 0 Å². The third-order valence-corrected chi connectivity index (χ3v) is 7.94. The number of H-pyrrole nitrogens is 1. The minimum atomic E-state index is -0.479. The van der Waals surface area contributed by atoms with Crippen LogP contribution in [-0.4, -0.2) is 76.2 Å². The molecule has 0 bridgehead atoms. The molecule has 3 amide bonds. The van der Waals surface area contributed by atoms with Crippen molar-refractivity contribution in [2.45, 2.75) is 30.9 Å². The summed E-state index contributed by atoms with van der Waals surface area (Å²) in [7, 11) is 5.02. The molecular formula is C30H31N5O4. The van der Waals surface area contributed by atoms with Gasteiger partial charge in [0.15, 0.2) is 0 Å². The van der Waals surface area contributed by atoms with Crippen molar-refractivity contribution in [1.82, 2.24) is 19.8 Å². The molecule has 9 heteroatoms. The number of fused-ring (bicyclic) bond motifs is 1. The second kappa shape index (κ2) is 9.43. The molecule has 6 rings (SSSR count). The molecule has 2 aliphatic rings. The Morgan fingerprint density at radius 2 is 1.95 bits per heavy atom. The van der Waals surface area contributed by atoms with Gasteiger partial charge in [-0.15, -0.1) is 0 Å². The topological polar surface area (TPSA) is 111 Å². The first kappa shape index (κ1) is 24.9. The number of aliphatic hydroxyl groups excluding tert-OH is 1. The molecule has 2 aromatic carbocycles. The third-order valence-electron chi connectivity index (χ3n) is 7.94. The van der Waals surface area contributed by atoms with Gasteiger partial charge >= 0.3 is 6.03 Å². The van der Waals surface area contributed by atoms with Gasteiger partial charge in [0.05, 0.1) is 30.0 Å². The second-order valence-corrected chi connectivity index (χ2v) is 10.5. The first-order valence-electron chi connectivity index (χ1n) is 13.1. The predicted octanol–water partition coefficient (Wildman–Crippen LogP) is 4.74. The monoisotopic (exact) mass is 525 g/mol. The standard InChI is InChI=1S/C30H31N5O4/c1-34(2)28(37)22-13-18(9-10-24(22)33-29(38)35-12-6-11-30(35)15-26(30)36)19-14-21-23(17-32-27(21)31-16-19)20-7-4-5-8-25(20)39-3/h4-5,7-10,13-14,16-17,26,36H,6,11-12,15H2,1-3H3,(H,31,32)(H,33,38)/t26-,30?/m0/s1. The van der Waals surface area contributed by atoms with E-state index in [1.807, 2.05) is 42.6 Å². The number of pyridine rings is 1. The molecule has 200 valence electrons. The van der Waals surface area contributed by atoms with E-state index in [1.54, 1.807) is 44.4 Å². The number of carbonyl (C=O) groups excluding carboxylic acids is 2. The number of carbonyl (C=O) groups is 2. The lowest BCUT2D eigenvalue weighted by Crippen LogP contribution is -2.42. The van der Waals surface area contributed by atoms with Gasteiger partial charge in [-0.2, -0.15) is 0 Å². The molecule has 2 fully saturated rings. The Hall–Kier alpha value is -4.37. The lowest BCUT2D eigenvalue weighted by Gasteiger charge is -2.26. The number of para-hydroxylation sites is 1. The Balaban J connectivity index is 1.37. The lowest BCUT2D eigenvalue weighted by molar-refractivity contribution is 0.0828. The summed E-state index contributed by atoms with van der Waals surface area (Å²) in [5.41, 5.74) is 4.67. The number of nitrogens with zero attached hydrogens (tertiary/aromatic N) is 3. The van der Waals surface area contributed by atoms with Crippen LogP contribution in [0, 0.1) is 0 Å². The molecule has 1 saturated carbocycles. The highest BCUT2D eigenvalue weighted by atomic mass is 16.5. The summed E-state index contributed by atoms with van der Waals surface area (Å²) in [4.78, 5) is 37.5. The first-order valence-corrected chi connectivity index (χ1v) is 13.1. The Morgan fingerprint density at radius 1 is 1.15 bits per heavy atom. The number of anilines is 1. The van der Waals surface area contributed by atoms with E-state index >= 15 is 0 Å². The summed E-state index contributed by atoms with van der Waals surface area (Å²) in [5.74, 6) is 0.543. The van der Waals surface area contributed by atoms with E-state index < -0.39 is 11.6 Å². The SMILES string of the molecule is COc1ccccc1-c1c[nH]c2ncc(-c3ccc(NC(=O)N4CCCC45C[C@@H]5O)c(C(=O)N(C)C)c3)cc12. The zero-order chi connectivity index (χ0) is 27.3. The molecule has 39 heavy (non-hydrogen) atoms. The molecule has 2 atom stereocenters. The Bertz CT molecular complexity index is 1600. The van der Waals surface area contributed by atoms with Crippen LogP contribution >= 0.6 is 0 Å². The third kappa shape index (κ3) is 4.19. The number of benzene rings is 2. The lowest BCUT2D eigenvalue weighted by atomic mass is 9.99. The van der Waals surface area contributed by atoms with Crippen molar-refractivity contribution in [3.05, 3.63) is 66.5 Å². The number of urea groups is 1. The van der Waals surface area contributed by atoms with Gasteiger partial charge in [-0.05, 0) is 42.7 Å². The molecule has 3 N–H and O–H groups in total. The summed E-state index contributed by atoms with van der Waals surface area (Å²) in [6.07, 6.45) is 5.47. The van der Waals surface area contributed by atoms with Crippen LogP contribution in [-0.2, 0) is 0 Å². The van der Waals surface area contributed by atoms with Crippen molar-refractivity contribution in [2.24, 2.45) is 0 Å². The van der Waals surface area contributed by atoms with Gasteiger partial charge in [0.25, 0.3) is 5.91 Å². The number of aromatic nitrogens is 2. The number of hydrogen-bond acceptors (Lipinski definition) is 5. The molecule has 3 heterocycles. The fraction of sp³-hybridized carbons (Fsp3) is 0.300. The van der Waals surface area contributed by atoms with E-state index in [4.69, 9.17) is 4.74 Å². The van der Waals surface area contributed by atoms with Gasteiger partial charge in [-0.25, -0.2) is 9.78 Å². The molecule has 1 aliphatic carbocycles. The van der Waals surface area contributed by atoms with E-state index in [2.05, 4.69) is 15.3 Å². The van der Waals surface area contributed by atoms with Crippen LogP contribution in [0.5, 0.6) is 5.75 Å². The minimum Gasteiger partial charge on any atom is -0.496 e. The molecule has 1 unspecified atom stereocenters. The number of methoxy groups -OCH3 is 1. The Labute approximate surface area is 226 Å². The molecule has 9 nitrogen and oxygen atoms in total. The maximum Gasteiger partial charge on any atom is 0.322 e. The van der Waals surface area contributed by atoms with E-state index in [-0.39, 0.29) is 11.9 Å². The Kier molecular flexibility index (Phi) is 6.03. The normalized spacial score (nSPS) is 19.9. The molecular weight excluding hydrogens is 494 g/mol. The maximum absolute atomic E-state index is 13.2. The van der Waals surface area contributed by atoms with E-state index in [1.165, 1.54) is 4.90 Å². The summed E-state index contributed by atoms with van der Waals surface area (Å²) < 4.78 is 5.57. The van der Waals surface area contributed by atoms with Crippen molar-refractivity contribution in [3.63, 3.8) is 0 Å². The highest BCUT2D eigenvalue weighted by Crippen LogP contribution is 2.50. The average molecular weight is 526 g/mol. The van der Waals surface area contributed by atoms with E-state index in [0.717, 1.165) is 51.9 Å². The number of aromatic amines is 1. The Morgan fingerprint density at radius 3 is 2.69 bits per heavy atom. The highest BCUT2D eigenvalue weighted by Gasteiger charge is 2.61. The number of likely N-dealkylation sites (tertiary alicyclic amines) is 1. The highest BCUT2D eigenvalue weighted by molar-refractivity contribution is 6.05. The van der Waals surface area contributed by atoms with Crippen molar-refractivity contribution >= 4 is 28.7 Å². The fourth-order valence-electron chi connectivity index (χ4n) is 5.72. The smallest absolute Gasteiger partial charge is 0.322 e. The van der Waals surface area contributed by atoms with E-state index in [9.17, 15) is 14.7 Å². The van der Waals surface area contributed by atoms with Gasteiger partial charge in [-0.3, -0.25) is 4.79 Å². The first-order chi connectivity index (χ1) is 18.8. The molecule has 2 aromatic heterocycles. The summed E-state index contributed by atoms with van der Waals surface area (Å²) in [6.45, 7) is 0.592. The van der Waals surface area contributed by atoms with Gasteiger partial charge in [0.2, 0.25) is 0 Å². The zero-order valence-corrected chi connectivity index (χ0v) is 22.2. The van der Waals surface area contributed by atoms with Crippen molar-refractivity contribution in [2.75, 3.05) is 33.1 Å². The minimum absolute atomic E-state index is 0.222. The summed E-state index contributed by atoms with van der Waals surface area (Å²) in [5, 5.41) is 14.0. The maximum atomic E-state index is 13.2. The van der Waals surface area contributed by atoms with Crippen LogP contribution in [0.2, 0.25) is 0 Å². The molecule has 1 saturated heterocycles. The number of ether oxygens (including phenoxy) is 1. The number of nitrogens with one attached hydrogen (secondary N) is 2. The largest absolute Gasteiger partial charge is 0.496 e. The number of hydrogen-bond donors (Lipinski definition) is 3. The number of rotatable bonds is 5. The predicted molar refractivity (Wildman–Crippen MR) is 150 cm³/mol. The molecule has 4 aromatic rings. The average Bonchev–Trinajstić information content (AvgIpc) is 3.26. The van der Waals surface area contributed by atoms with Crippen LogP contribution < -0.4 is 10.1 Å². The van der Waals surface area contributed by atoms with Gasteiger partial charge < -0.3 is 29.9 Å². The van der Waals surface area contributed by atoms with Gasteiger partial charge in [0, 0.05) is 61.5 Å². The van der Waals surface area contributed by atoms with Crippen LogP contribution in [0.4, 0.5) is 10.5 Å². The van der Waals surface area contributed by atoms with Gasteiger partial charge in [-0.1, -0.05) is 24.3 Å². The number of amides is 3. The van der Waals surface area contributed by atoms with Crippen molar-refractivity contribution < 1.29 is 19.4 Å². The van der Waals surface area contributed by atoms with Crippen LogP contribution in [0.15, 0.2) is 60.9 Å². The molecule has 0 radical (unpaired) electrons. The quantitative estimate of drug-likeness (QED) is 0.349. The fourth-order valence-corrected chi connectivity index (χ4v) is 5.72. The van der Waals surface area contributed by atoms with Crippen molar-refractivity contribution in [3.8, 4) is 28.0 Å². The van der Waals surface area contributed by atoms with Crippen LogP contribution in [0.3, 0.4) is 0 Å². The number of aliphatic hydroxyl groups is 1. The summed E-state index contributed by atoms with van der Waals surface area (Å²) >= 11 is 0. The van der Waals surface area contributed by atoms with Crippen LogP contribution in [0.25, 0.3) is 33.3 Å². The zero-order valence-electron chi connectivity index (χ0n) is 22.2. The molecule has 1 aliphatic heterocycles.